The lowest BCUT2D eigenvalue weighted by Gasteiger charge is -2.36. The van der Waals surface area contributed by atoms with Gasteiger partial charge in [0.25, 0.3) is 0 Å². The molecule has 0 amide bonds. The predicted molar refractivity (Wildman–Crippen MR) is 66.7 cm³/mol. The lowest BCUT2D eigenvalue weighted by Crippen LogP contribution is -2.47. The van der Waals surface area contributed by atoms with Gasteiger partial charge in [0.15, 0.2) is 0 Å². The molecule has 4 heteroatoms. The van der Waals surface area contributed by atoms with Crippen molar-refractivity contribution in [2.24, 2.45) is 5.92 Å². The summed E-state index contributed by atoms with van der Waals surface area (Å²) in [5.74, 6) is 0.428. The van der Waals surface area contributed by atoms with Gasteiger partial charge in [-0.25, -0.2) is 0 Å². The van der Waals surface area contributed by atoms with Crippen LogP contribution in [-0.2, 0) is 9.53 Å². The van der Waals surface area contributed by atoms with Crippen molar-refractivity contribution in [3.63, 3.8) is 0 Å². The van der Waals surface area contributed by atoms with E-state index in [-0.39, 0.29) is 18.6 Å². The quantitative estimate of drug-likeness (QED) is 0.717. The molecule has 100 valence electrons. The number of aliphatic hydroxyl groups is 1. The lowest BCUT2D eigenvalue weighted by molar-refractivity contribution is -0.150. The minimum absolute atomic E-state index is 0.0975. The Hall–Kier alpha value is -0.610. The Morgan fingerprint density at radius 1 is 1.53 bits per heavy atom. The SMILES string of the molecule is CCOC(=O)C(CC)N1CCCC(CCO)C1. The van der Waals surface area contributed by atoms with E-state index in [4.69, 9.17) is 9.84 Å². The van der Waals surface area contributed by atoms with Crippen LogP contribution in [0.5, 0.6) is 0 Å². The number of hydrogen-bond acceptors (Lipinski definition) is 4. The van der Waals surface area contributed by atoms with Crippen molar-refractivity contribution in [1.82, 2.24) is 4.90 Å². The Labute approximate surface area is 104 Å². The van der Waals surface area contributed by atoms with Crippen molar-refractivity contribution in [3.05, 3.63) is 0 Å². The normalized spacial score (nSPS) is 23.4. The van der Waals surface area contributed by atoms with E-state index < -0.39 is 0 Å². The summed E-state index contributed by atoms with van der Waals surface area (Å²) in [6, 6.07) is -0.101. The van der Waals surface area contributed by atoms with Gasteiger partial charge in [0, 0.05) is 13.2 Å². The average molecular weight is 243 g/mol. The fraction of sp³-hybridized carbons (Fsp3) is 0.923. The topological polar surface area (TPSA) is 49.8 Å². The largest absolute Gasteiger partial charge is 0.465 e. The Morgan fingerprint density at radius 2 is 2.29 bits per heavy atom. The number of ether oxygens (including phenoxy) is 1. The number of aliphatic hydroxyl groups excluding tert-OH is 1. The van der Waals surface area contributed by atoms with E-state index in [9.17, 15) is 4.79 Å². The molecule has 0 spiro atoms. The maximum absolute atomic E-state index is 11.8. The number of hydrogen-bond donors (Lipinski definition) is 1. The van der Waals surface area contributed by atoms with Gasteiger partial charge in [0.05, 0.1) is 6.61 Å². The highest BCUT2D eigenvalue weighted by Gasteiger charge is 2.29. The molecular formula is C13H25NO3. The number of nitrogens with zero attached hydrogens (tertiary/aromatic N) is 1. The van der Waals surface area contributed by atoms with Crippen LogP contribution in [0.2, 0.25) is 0 Å². The van der Waals surface area contributed by atoms with Crippen molar-refractivity contribution in [2.75, 3.05) is 26.3 Å². The second kappa shape index (κ2) is 7.67. The second-order valence-electron chi connectivity index (χ2n) is 4.69. The zero-order chi connectivity index (χ0) is 12.7. The molecule has 1 saturated heterocycles. The first-order valence-corrected chi connectivity index (χ1v) is 6.74. The average Bonchev–Trinajstić information content (AvgIpc) is 2.31. The van der Waals surface area contributed by atoms with Crippen molar-refractivity contribution in [3.8, 4) is 0 Å². The van der Waals surface area contributed by atoms with Gasteiger partial charge < -0.3 is 9.84 Å². The summed E-state index contributed by atoms with van der Waals surface area (Å²) in [4.78, 5) is 14.0. The van der Waals surface area contributed by atoms with E-state index in [2.05, 4.69) is 4.90 Å². The second-order valence-corrected chi connectivity index (χ2v) is 4.69. The van der Waals surface area contributed by atoms with Crippen LogP contribution in [0.3, 0.4) is 0 Å². The molecule has 4 nitrogen and oxygen atoms in total. The van der Waals surface area contributed by atoms with Gasteiger partial charge in [-0.05, 0) is 45.1 Å². The van der Waals surface area contributed by atoms with Crippen LogP contribution in [0.15, 0.2) is 0 Å². The Balaban J connectivity index is 2.52. The van der Waals surface area contributed by atoms with Gasteiger partial charge in [-0.1, -0.05) is 6.92 Å². The Kier molecular flexibility index (Phi) is 6.52. The van der Waals surface area contributed by atoms with E-state index >= 15 is 0 Å². The van der Waals surface area contributed by atoms with Crippen LogP contribution < -0.4 is 0 Å². The zero-order valence-corrected chi connectivity index (χ0v) is 11.0. The first-order valence-electron chi connectivity index (χ1n) is 6.74. The summed E-state index contributed by atoms with van der Waals surface area (Å²) in [7, 11) is 0. The number of carbonyl (C=O) groups excluding carboxylic acids is 1. The third-order valence-electron chi connectivity index (χ3n) is 3.47. The predicted octanol–water partition coefficient (Wildman–Crippen LogP) is 1.42. The molecule has 1 aliphatic heterocycles. The van der Waals surface area contributed by atoms with E-state index in [1.807, 2.05) is 13.8 Å². The van der Waals surface area contributed by atoms with Gasteiger partial charge >= 0.3 is 5.97 Å². The Morgan fingerprint density at radius 3 is 2.88 bits per heavy atom. The van der Waals surface area contributed by atoms with Gasteiger partial charge in [-0.15, -0.1) is 0 Å². The van der Waals surface area contributed by atoms with Crippen molar-refractivity contribution in [1.29, 1.82) is 0 Å². The molecule has 0 bridgehead atoms. The summed E-state index contributed by atoms with van der Waals surface area (Å²) in [6.07, 6.45) is 3.91. The maximum Gasteiger partial charge on any atom is 0.323 e. The molecule has 1 aliphatic rings. The molecule has 0 aliphatic carbocycles. The molecular weight excluding hydrogens is 218 g/mol. The molecule has 0 aromatic carbocycles. The Bertz CT molecular complexity index is 231. The minimum atomic E-state index is -0.101. The van der Waals surface area contributed by atoms with Crippen molar-refractivity contribution >= 4 is 5.97 Å². The van der Waals surface area contributed by atoms with Gasteiger partial charge in [0.2, 0.25) is 0 Å². The molecule has 17 heavy (non-hydrogen) atoms. The first kappa shape index (κ1) is 14.5. The highest BCUT2D eigenvalue weighted by molar-refractivity contribution is 5.75. The van der Waals surface area contributed by atoms with Gasteiger partial charge in [-0.2, -0.15) is 0 Å². The van der Waals surface area contributed by atoms with Crippen LogP contribution in [0.4, 0.5) is 0 Å². The van der Waals surface area contributed by atoms with Crippen molar-refractivity contribution in [2.45, 2.75) is 45.6 Å². The third kappa shape index (κ3) is 4.28. The molecule has 2 atom stereocenters. The highest BCUT2D eigenvalue weighted by atomic mass is 16.5. The summed E-state index contributed by atoms with van der Waals surface area (Å²) in [6.45, 7) is 6.45. The fourth-order valence-electron chi connectivity index (χ4n) is 2.61. The van der Waals surface area contributed by atoms with Gasteiger partial charge in [-0.3, -0.25) is 9.69 Å². The van der Waals surface area contributed by atoms with Crippen LogP contribution in [-0.4, -0.2) is 48.3 Å². The molecule has 0 aromatic heterocycles. The first-order chi connectivity index (χ1) is 8.22. The number of esters is 1. The third-order valence-corrected chi connectivity index (χ3v) is 3.47. The highest BCUT2D eigenvalue weighted by Crippen LogP contribution is 2.22. The number of piperidine rings is 1. The summed E-state index contributed by atoms with van der Waals surface area (Å²) in [5.41, 5.74) is 0. The summed E-state index contributed by atoms with van der Waals surface area (Å²) >= 11 is 0. The number of rotatable bonds is 6. The summed E-state index contributed by atoms with van der Waals surface area (Å²) in [5, 5.41) is 8.98. The monoisotopic (exact) mass is 243 g/mol. The van der Waals surface area contributed by atoms with Gasteiger partial charge in [0.1, 0.15) is 6.04 Å². The summed E-state index contributed by atoms with van der Waals surface area (Å²) < 4.78 is 5.11. The molecule has 1 N–H and O–H groups in total. The van der Waals surface area contributed by atoms with E-state index in [0.29, 0.717) is 12.5 Å². The van der Waals surface area contributed by atoms with E-state index in [1.165, 1.54) is 0 Å². The van der Waals surface area contributed by atoms with Crippen LogP contribution in [0, 0.1) is 5.92 Å². The van der Waals surface area contributed by atoms with Crippen LogP contribution in [0.1, 0.15) is 39.5 Å². The number of likely N-dealkylation sites (tertiary alicyclic amines) is 1. The van der Waals surface area contributed by atoms with Crippen molar-refractivity contribution < 1.29 is 14.6 Å². The lowest BCUT2D eigenvalue weighted by atomic mass is 9.93. The molecule has 1 fully saturated rings. The van der Waals surface area contributed by atoms with Crippen LogP contribution >= 0.6 is 0 Å². The molecule has 0 saturated carbocycles. The van der Waals surface area contributed by atoms with E-state index in [1.54, 1.807) is 0 Å². The standard InChI is InChI=1S/C13H25NO3/c1-3-12(13(16)17-4-2)14-8-5-6-11(10-14)7-9-15/h11-12,15H,3-10H2,1-2H3. The minimum Gasteiger partial charge on any atom is -0.465 e. The van der Waals surface area contributed by atoms with Crippen LogP contribution in [0.25, 0.3) is 0 Å². The zero-order valence-electron chi connectivity index (χ0n) is 11.0. The maximum atomic E-state index is 11.8. The molecule has 1 rings (SSSR count). The molecule has 0 aromatic rings. The molecule has 1 heterocycles. The van der Waals surface area contributed by atoms with E-state index in [0.717, 1.165) is 38.8 Å². The molecule has 0 radical (unpaired) electrons. The molecule has 2 unspecified atom stereocenters. The number of carbonyl (C=O) groups is 1. The smallest absolute Gasteiger partial charge is 0.323 e. The fourth-order valence-corrected chi connectivity index (χ4v) is 2.61.